The van der Waals surface area contributed by atoms with E-state index in [-0.39, 0.29) is 0 Å². The minimum absolute atomic E-state index is 0.496. The third-order valence-electron chi connectivity index (χ3n) is 15.5. The quantitative estimate of drug-likeness (QED) is 0.133. The van der Waals surface area contributed by atoms with Crippen LogP contribution in [-0.4, -0.2) is 4.57 Å². The van der Waals surface area contributed by atoms with Crippen molar-refractivity contribution in [1.82, 2.24) is 4.57 Å². The fourth-order valence-corrected chi connectivity index (χ4v) is 12.1. The van der Waals surface area contributed by atoms with E-state index >= 15 is 0 Å². The van der Waals surface area contributed by atoms with Crippen LogP contribution in [0.3, 0.4) is 0 Å². The molecule has 13 aromatic rings. The molecule has 1 heterocycles. The number of aromatic nitrogens is 1. The van der Waals surface area contributed by atoms with Crippen LogP contribution in [0.2, 0.25) is 0 Å². The number of anilines is 3. The SMILES string of the molecule is c1ccc(-c2cc(-c3ccccc3)cc(N(c3ccccc3)c3ccccc3-c3ccc(-c4ccc5c6ccccc6n(-c6ccc7c(c6)C(c6ccccc6)(c6ccccc6)c6ccccc6-7)c5c4)cc3)c2)cc1. The predicted molar refractivity (Wildman–Crippen MR) is 315 cm³/mol. The largest absolute Gasteiger partial charge is 0.310 e. The topological polar surface area (TPSA) is 8.17 Å². The van der Waals surface area contributed by atoms with Gasteiger partial charge in [0.15, 0.2) is 0 Å². The number of para-hydroxylation sites is 3. The van der Waals surface area contributed by atoms with Crippen LogP contribution in [0.1, 0.15) is 22.3 Å². The van der Waals surface area contributed by atoms with Gasteiger partial charge in [0.2, 0.25) is 0 Å². The van der Waals surface area contributed by atoms with Gasteiger partial charge in [-0.1, -0.05) is 243 Å². The average molecular weight is 955 g/mol. The van der Waals surface area contributed by atoms with Gasteiger partial charge in [0.25, 0.3) is 0 Å². The monoisotopic (exact) mass is 954 g/mol. The number of hydrogen-bond acceptors (Lipinski definition) is 1. The van der Waals surface area contributed by atoms with Crippen molar-refractivity contribution in [3.8, 4) is 61.3 Å². The standard InChI is InChI=1S/C73H50N2/c1-6-22-51(23-7-1)56-46-57(52-24-8-2-9-25-52)48-62(47-56)74(60-30-14-5-15-31-60)70-36-20-17-32-63(70)54-40-38-53(39-41-54)55-42-44-67-66-34-18-21-37-71(66)75(72(67)49-55)61-43-45-65-64-33-16-19-35-68(64)73(69(65)50-61,58-26-10-3-11-27-58)59-28-12-4-13-29-59/h1-50H. The molecule has 0 radical (unpaired) electrons. The highest BCUT2D eigenvalue weighted by atomic mass is 15.1. The summed E-state index contributed by atoms with van der Waals surface area (Å²) in [6.07, 6.45) is 0. The first-order chi connectivity index (χ1) is 37.2. The summed E-state index contributed by atoms with van der Waals surface area (Å²) in [5.41, 5.74) is 23.3. The maximum atomic E-state index is 2.48. The molecule has 1 aliphatic rings. The highest BCUT2D eigenvalue weighted by Crippen LogP contribution is 2.57. The van der Waals surface area contributed by atoms with Gasteiger partial charge in [-0.15, -0.1) is 0 Å². The Hall–Kier alpha value is -9.76. The first-order valence-corrected chi connectivity index (χ1v) is 25.9. The third kappa shape index (κ3) is 7.41. The summed E-state index contributed by atoms with van der Waals surface area (Å²) >= 11 is 0. The predicted octanol–water partition coefficient (Wildman–Crippen LogP) is 19.3. The Morgan fingerprint density at radius 3 is 1.43 bits per heavy atom. The molecule has 0 bridgehead atoms. The molecule has 1 aliphatic carbocycles. The van der Waals surface area contributed by atoms with E-state index in [1.165, 1.54) is 83.0 Å². The summed E-state index contributed by atoms with van der Waals surface area (Å²) in [5.74, 6) is 0. The van der Waals surface area contributed by atoms with Gasteiger partial charge in [-0.2, -0.15) is 0 Å². The highest BCUT2D eigenvalue weighted by Gasteiger charge is 2.46. The van der Waals surface area contributed by atoms with Crippen molar-refractivity contribution < 1.29 is 0 Å². The van der Waals surface area contributed by atoms with E-state index in [1.807, 2.05) is 0 Å². The first-order valence-electron chi connectivity index (χ1n) is 25.9. The summed E-state index contributed by atoms with van der Waals surface area (Å²) < 4.78 is 2.48. The van der Waals surface area contributed by atoms with Crippen LogP contribution < -0.4 is 4.90 Å². The van der Waals surface area contributed by atoms with Crippen molar-refractivity contribution in [2.75, 3.05) is 4.90 Å². The molecule has 0 saturated heterocycles. The maximum Gasteiger partial charge on any atom is 0.0714 e. The van der Waals surface area contributed by atoms with Gasteiger partial charge in [-0.25, -0.2) is 0 Å². The Labute approximate surface area is 438 Å². The van der Waals surface area contributed by atoms with Crippen LogP contribution in [0.5, 0.6) is 0 Å². The van der Waals surface area contributed by atoms with Crippen LogP contribution >= 0.6 is 0 Å². The molecule has 0 spiro atoms. The Bertz CT molecular complexity index is 4100. The number of hydrogen-bond donors (Lipinski definition) is 0. The Morgan fingerprint density at radius 2 is 0.760 bits per heavy atom. The molecule has 12 aromatic carbocycles. The van der Waals surface area contributed by atoms with E-state index in [0.29, 0.717) is 0 Å². The molecule has 75 heavy (non-hydrogen) atoms. The fraction of sp³-hybridized carbons (Fsp3) is 0.0137. The molecule has 2 nitrogen and oxygen atoms in total. The molecule has 0 N–H and O–H groups in total. The van der Waals surface area contributed by atoms with Crippen LogP contribution in [0.4, 0.5) is 17.1 Å². The summed E-state index contributed by atoms with van der Waals surface area (Å²) in [4.78, 5) is 2.41. The molecule has 0 atom stereocenters. The lowest BCUT2D eigenvalue weighted by Crippen LogP contribution is -2.28. The van der Waals surface area contributed by atoms with Gasteiger partial charge in [-0.05, 0) is 133 Å². The van der Waals surface area contributed by atoms with Crippen LogP contribution in [0, 0.1) is 0 Å². The van der Waals surface area contributed by atoms with Crippen molar-refractivity contribution >= 4 is 38.9 Å². The molecular weight excluding hydrogens is 905 g/mol. The zero-order chi connectivity index (χ0) is 49.7. The van der Waals surface area contributed by atoms with Crippen LogP contribution in [0.25, 0.3) is 83.1 Å². The molecule has 0 fully saturated rings. The second-order valence-corrected chi connectivity index (χ2v) is 19.6. The van der Waals surface area contributed by atoms with E-state index < -0.39 is 5.41 Å². The fourth-order valence-electron chi connectivity index (χ4n) is 12.1. The van der Waals surface area contributed by atoms with Gasteiger partial charge < -0.3 is 9.47 Å². The van der Waals surface area contributed by atoms with Gasteiger partial charge in [0.05, 0.1) is 22.1 Å². The molecule has 0 amide bonds. The molecule has 2 heteroatoms. The molecule has 352 valence electrons. The average Bonchev–Trinajstić information content (AvgIpc) is 3.99. The number of rotatable bonds is 10. The zero-order valence-electron chi connectivity index (χ0n) is 41.3. The van der Waals surface area contributed by atoms with Gasteiger partial charge in [-0.3, -0.25) is 0 Å². The Kier molecular flexibility index (Phi) is 10.8. The van der Waals surface area contributed by atoms with Gasteiger partial charge in [0, 0.05) is 33.4 Å². The van der Waals surface area contributed by atoms with Gasteiger partial charge >= 0.3 is 0 Å². The third-order valence-corrected chi connectivity index (χ3v) is 15.5. The van der Waals surface area contributed by atoms with E-state index in [0.717, 1.165) is 39.4 Å². The molecule has 0 unspecified atom stereocenters. The van der Waals surface area contributed by atoms with Gasteiger partial charge in [0.1, 0.15) is 0 Å². The normalized spacial score (nSPS) is 12.4. The maximum absolute atomic E-state index is 2.48. The van der Waals surface area contributed by atoms with Crippen molar-refractivity contribution in [1.29, 1.82) is 0 Å². The lowest BCUT2D eigenvalue weighted by Gasteiger charge is -2.34. The Balaban J connectivity index is 0.888. The molecule has 0 saturated carbocycles. The smallest absolute Gasteiger partial charge is 0.0714 e. The van der Waals surface area contributed by atoms with Crippen molar-refractivity contribution in [2.45, 2.75) is 5.41 Å². The van der Waals surface area contributed by atoms with Crippen LogP contribution in [-0.2, 0) is 5.41 Å². The highest BCUT2D eigenvalue weighted by molar-refractivity contribution is 6.10. The molecular formula is C73H50N2. The van der Waals surface area contributed by atoms with E-state index in [2.05, 4.69) is 313 Å². The molecule has 14 rings (SSSR count). The minimum atomic E-state index is -0.496. The number of fused-ring (bicyclic) bond motifs is 6. The van der Waals surface area contributed by atoms with E-state index in [9.17, 15) is 0 Å². The van der Waals surface area contributed by atoms with Crippen molar-refractivity contribution in [3.05, 3.63) is 326 Å². The van der Waals surface area contributed by atoms with E-state index in [4.69, 9.17) is 0 Å². The zero-order valence-corrected chi connectivity index (χ0v) is 41.3. The van der Waals surface area contributed by atoms with Crippen LogP contribution in [0.15, 0.2) is 303 Å². The lowest BCUT2D eigenvalue weighted by atomic mass is 9.67. The molecule has 1 aromatic heterocycles. The first kappa shape index (κ1) is 44.0. The summed E-state index contributed by atoms with van der Waals surface area (Å²) in [7, 11) is 0. The number of nitrogens with zero attached hydrogens (tertiary/aromatic N) is 2. The lowest BCUT2D eigenvalue weighted by molar-refractivity contribution is 0.767. The van der Waals surface area contributed by atoms with Crippen molar-refractivity contribution in [3.63, 3.8) is 0 Å². The second-order valence-electron chi connectivity index (χ2n) is 19.6. The minimum Gasteiger partial charge on any atom is -0.310 e. The summed E-state index contributed by atoms with van der Waals surface area (Å²) in [6.45, 7) is 0. The number of benzene rings is 12. The van der Waals surface area contributed by atoms with Crippen molar-refractivity contribution in [2.24, 2.45) is 0 Å². The summed E-state index contributed by atoms with van der Waals surface area (Å²) in [6, 6.07) is 111. The Morgan fingerprint density at radius 1 is 0.267 bits per heavy atom. The molecule has 0 aliphatic heterocycles. The second kappa shape index (κ2) is 18.4. The van der Waals surface area contributed by atoms with E-state index in [1.54, 1.807) is 0 Å². The summed E-state index contributed by atoms with van der Waals surface area (Å²) in [5, 5.41) is 2.47.